The first kappa shape index (κ1) is 13.2. The minimum Gasteiger partial charge on any atom is -0.388 e. The molecule has 0 bridgehead atoms. The highest BCUT2D eigenvalue weighted by atomic mass is 16.5. The molecule has 16 heavy (non-hydrogen) atoms. The first-order valence-corrected chi connectivity index (χ1v) is 5.89. The lowest BCUT2D eigenvalue weighted by atomic mass is 9.96. The van der Waals surface area contributed by atoms with Crippen LogP contribution in [0.5, 0.6) is 0 Å². The molecule has 90 valence electrons. The first-order valence-electron chi connectivity index (χ1n) is 5.89. The van der Waals surface area contributed by atoms with E-state index in [1.54, 1.807) is 0 Å². The van der Waals surface area contributed by atoms with Crippen LogP contribution in [0.2, 0.25) is 0 Å². The van der Waals surface area contributed by atoms with E-state index < -0.39 is 6.10 Å². The molecule has 0 spiro atoms. The maximum Gasteiger partial charge on any atom is 0.0814 e. The van der Waals surface area contributed by atoms with Crippen LogP contribution in [0, 0.1) is 20.8 Å². The fourth-order valence-electron chi connectivity index (χ4n) is 1.84. The van der Waals surface area contributed by atoms with Crippen LogP contribution in [0.1, 0.15) is 41.7 Å². The number of benzene rings is 1. The monoisotopic (exact) mass is 222 g/mol. The predicted molar refractivity (Wildman–Crippen MR) is 66.7 cm³/mol. The van der Waals surface area contributed by atoms with E-state index >= 15 is 0 Å². The van der Waals surface area contributed by atoms with Gasteiger partial charge in [0.05, 0.1) is 6.10 Å². The molecule has 0 fully saturated rings. The number of aryl methyl sites for hydroxylation is 3. The Labute approximate surface area is 98.3 Å². The molecule has 2 heteroatoms. The lowest BCUT2D eigenvalue weighted by molar-refractivity contribution is 0.0883. The van der Waals surface area contributed by atoms with E-state index in [4.69, 9.17) is 4.74 Å². The average molecular weight is 222 g/mol. The lowest BCUT2D eigenvalue weighted by Gasteiger charge is -2.15. The maximum absolute atomic E-state index is 10.1. The third-order valence-electron chi connectivity index (χ3n) is 2.98. The van der Waals surface area contributed by atoms with Crippen molar-refractivity contribution in [1.82, 2.24) is 0 Å². The summed E-state index contributed by atoms with van der Waals surface area (Å²) in [5.41, 5.74) is 4.70. The molecule has 0 radical (unpaired) electrons. The van der Waals surface area contributed by atoms with E-state index in [0.717, 1.165) is 11.1 Å². The van der Waals surface area contributed by atoms with E-state index in [-0.39, 0.29) is 0 Å². The molecule has 0 aromatic heterocycles. The first-order chi connectivity index (χ1) is 7.56. The Morgan fingerprint density at radius 2 is 1.75 bits per heavy atom. The normalized spacial score (nSPS) is 12.8. The van der Waals surface area contributed by atoms with Crippen molar-refractivity contribution in [3.8, 4) is 0 Å². The average Bonchev–Trinajstić information content (AvgIpc) is 2.23. The number of hydrogen-bond acceptors (Lipinski definition) is 2. The van der Waals surface area contributed by atoms with Gasteiger partial charge in [-0.1, -0.05) is 12.1 Å². The standard InChI is InChI=1S/C14H22O2/c1-5-16-7-6-14(15)13-9-11(3)10(2)8-12(13)4/h8-9,14-15H,5-7H2,1-4H3. The molecule has 1 rings (SSSR count). The second kappa shape index (κ2) is 6.02. The number of aliphatic hydroxyl groups excluding tert-OH is 1. The number of rotatable bonds is 5. The number of ether oxygens (including phenoxy) is 1. The summed E-state index contributed by atoms with van der Waals surface area (Å²) in [6.45, 7) is 9.51. The topological polar surface area (TPSA) is 29.5 Å². The van der Waals surface area contributed by atoms with Crippen LogP contribution in [-0.2, 0) is 4.74 Å². The van der Waals surface area contributed by atoms with Crippen LogP contribution in [-0.4, -0.2) is 18.3 Å². The van der Waals surface area contributed by atoms with Crippen LogP contribution in [0.4, 0.5) is 0 Å². The van der Waals surface area contributed by atoms with Crippen molar-refractivity contribution >= 4 is 0 Å². The second-order valence-electron chi connectivity index (χ2n) is 4.29. The lowest BCUT2D eigenvalue weighted by Crippen LogP contribution is -2.05. The van der Waals surface area contributed by atoms with Gasteiger partial charge in [0.25, 0.3) is 0 Å². The zero-order valence-electron chi connectivity index (χ0n) is 10.7. The summed E-state index contributed by atoms with van der Waals surface area (Å²) >= 11 is 0. The molecule has 1 aromatic carbocycles. The second-order valence-corrected chi connectivity index (χ2v) is 4.29. The van der Waals surface area contributed by atoms with Crippen molar-refractivity contribution in [2.75, 3.05) is 13.2 Å². The van der Waals surface area contributed by atoms with Crippen LogP contribution < -0.4 is 0 Å². The zero-order chi connectivity index (χ0) is 12.1. The van der Waals surface area contributed by atoms with E-state index in [0.29, 0.717) is 19.6 Å². The largest absolute Gasteiger partial charge is 0.388 e. The summed E-state index contributed by atoms with van der Waals surface area (Å²) < 4.78 is 5.26. The third-order valence-corrected chi connectivity index (χ3v) is 2.98. The molecule has 0 aliphatic carbocycles. The fraction of sp³-hybridized carbons (Fsp3) is 0.571. The van der Waals surface area contributed by atoms with Gasteiger partial charge in [-0.3, -0.25) is 0 Å². The molecule has 0 saturated heterocycles. The van der Waals surface area contributed by atoms with E-state index in [2.05, 4.69) is 26.0 Å². The predicted octanol–water partition coefficient (Wildman–Crippen LogP) is 3.07. The number of hydrogen-bond donors (Lipinski definition) is 1. The molecular weight excluding hydrogens is 200 g/mol. The van der Waals surface area contributed by atoms with Crippen molar-refractivity contribution in [3.05, 3.63) is 34.4 Å². The van der Waals surface area contributed by atoms with Gasteiger partial charge in [0, 0.05) is 19.6 Å². The highest BCUT2D eigenvalue weighted by Gasteiger charge is 2.11. The minimum atomic E-state index is -0.411. The minimum absolute atomic E-state index is 0.411. The highest BCUT2D eigenvalue weighted by Crippen LogP contribution is 2.23. The van der Waals surface area contributed by atoms with Gasteiger partial charge in [-0.15, -0.1) is 0 Å². The highest BCUT2D eigenvalue weighted by molar-refractivity contribution is 5.37. The molecule has 0 heterocycles. The van der Waals surface area contributed by atoms with Gasteiger partial charge in [-0.05, 0) is 49.9 Å². The SMILES string of the molecule is CCOCCC(O)c1cc(C)c(C)cc1C. The molecule has 0 aliphatic rings. The van der Waals surface area contributed by atoms with E-state index in [1.807, 2.05) is 13.8 Å². The Bertz CT molecular complexity index is 345. The van der Waals surface area contributed by atoms with Gasteiger partial charge < -0.3 is 9.84 Å². The quantitative estimate of drug-likeness (QED) is 0.776. The molecule has 2 nitrogen and oxygen atoms in total. The van der Waals surface area contributed by atoms with Gasteiger partial charge >= 0.3 is 0 Å². The van der Waals surface area contributed by atoms with Gasteiger partial charge in [-0.2, -0.15) is 0 Å². The summed E-state index contributed by atoms with van der Waals surface area (Å²) in [5, 5.41) is 10.1. The van der Waals surface area contributed by atoms with Crippen LogP contribution >= 0.6 is 0 Å². The van der Waals surface area contributed by atoms with Crippen molar-refractivity contribution in [2.24, 2.45) is 0 Å². The van der Waals surface area contributed by atoms with Crippen LogP contribution in [0.15, 0.2) is 12.1 Å². The van der Waals surface area contributed by atoms with Crippen molar-refractivity contribution in [3.63, 3.8) is 0 Å². The molecule has 0 aliphatic heterocycles. The summed E-state index contributed by atoms with van der Waals surface area (Å²) in [7, 11) is 0. The molecule has 0 amide bonds. The van der Waals surface area contributed by atoms with Gasteiger partial charge in [0.15, 0.2) is 0 Å². The van der Waals surface area contributed by atoms with Crippen LogP contribution in [0.3, 0.4) is 0 Å². The van der Waals surface area contributed by atoms with Crippen molar-refractivity contribution in [1.29, 1.82) is 0 Å². The molecule has 1 atom stereocenters. The Morgan fingerprint density at radius 3 is 2.38 bits per heavy atom. The number of aliphatic hydroxyl groups is 1. The van der Waals surface area contributed by atoms with Crippen molar-refractivity contribution < 1.29 is 9.84 Å². The van der Waals surface area contributed by atoms with Gasteiger partial charge in [-0.25, -0.2) is 0 Å². The Morgan fingerprint density at radius 1 is 1.12 bits per heavy atom. The third kappa shape index (κ3) is 3.32. The van der Waals surface area contributed by atoms with E-state index in [9.17, 15) is 5.11 Å². The van der Waals surface area contributed by atoms with Gasteiger partial charge in [0.1, 0.15) is 0 Å². The summed E-state index contributed by atoms with van der Waals surface area (Å²) in [4.78, 5) is 0. The smallest absolute Gasteiger partial charge is 0.0814 e. The fourth-order valence-corrected chi connectivity index (χ4v) is 1.84. The molecule has 1 aromatic rings. The zero-order valence-corrected chi connectivity index (χ0v) is 10.7. The Hall–Kier alpha value is -0.860. The summed E-state index contributed by atoms with van der Waals surface area (Å²) in [6, 6.07) is 4.22. The molecule has 0 saturated carbocycles. The van der Waals surface area contributed by atoms with Crippen molar-refractivity contribution in [2.45, 2.75) is 40.2 Å². The Balaban J connectivity index is 2.75. The van der Waals surface area contributed by atoms with Crippen LogP contribution in [0.25, 0.3) is 0 Å². The maximum atomic E-state index is 10.1. The van der Waals surface area contributed by atoms with E-state index in [1.165, 1.54) is 11.1 Å². The molecular formula is C14H22O2. The summed E-state index contributed by atoms with van der Waals surface area (Å²) in [6.07, 6.45) is 0.253. The summed E-state index contributed by atoms with van der Waals surface area (Å²) in [5.74, 6) is 0. The van der Waals surface area contributed by atoms with Gasteiger partial charge in [0.2, 0.25) is 0 Å². The Kier molecular flexibility index (Phi) is 4.97. The molecule has 1 N–H and O–H groups in total. The molecule has 1 unspecified atom stereocenters.